The number of benzene rings is 1. The number of likely N-dealkylation sites (tertiary alicyclic amines) is 1. The number of carboxylic acids is 1. The number of aliphatic carboxylic acids is 1. The molecule has 0 spiro atoms. The van der Waals surface area contributed by atoms with Crippen LogP contribution in [0.4, 0.5) is 4.79 Å². The molecule has 3 rings (SSSR count). The highest BCUT2D eigenvalue weighted by Gasteiger charge is 2.49. The number of nitrogens with zero attached hydrogens (tertiary/aromatic N) is 1. The Morgan fingerprint density at radius 3 is 2.80 bits per heavy atom. The zero-order chi connectivity index (χ0) is 14.3. The Bertz CT molecular complexity index is 557. The van der Waals surface area contributed by atoms with E-state index in [2.05, 4.69) is 6.07 Å². The van der Waals surface area contributed by atoms with Crippen LogP contribution >= 0.6 is 0 Å². The molecule has 1 heterocycles. The van der Waals surface area contributed by atoms with Crippen LogP contribution in [0.3, 0.4) is 0 Å². The minimum Gasteiger partial charge on any atom is -0.480 e. The third kappa shape index (κ3) is 1.85. The number of carbonyl (C=O) groups excluding carboxylic acids is 1. The summed E-state index contributed by atoms with van der Waals surface area (Å²) in [5, 5.41) is 9.37. The van der Waals surface area contributed by atoms with Crippen molar-refractivity contribution in [1.29, 1.82) is 0 Å². The fourth-order valence-corrected chi connectivity index (χ4v) is 3.59. The standard InChI is InChI=1S/C15H17NO4/c1-20-15(19)16-12(14(17)18)8-10-7-6-9-4-2-3-5-11(9)13(10)16/h2-5,10,12-13H,6-8H2,1H3,(H,17,18)/t10-,12-,13+/m0/s1. The molecule has 2 aliphatic rings. The van der Waals surface area contributed by atoms with Crippen molar-refractivity contribution in [2.24, 2.45) is 5.92 Å². The van der Waals surface area contributed by atoms with Crippen molar-refractivity contribution in [3.8, 4) is 0 Å². The molecule has 1 aliphatic carbocycles. The monoisotopic (exact) mass is 275 g/mol. The van der Waals surface area contributed by atoms with E-state index in [1.165, 1.54) is 17.6 Å². The lowest BCUT2D eigenvalue weighted by molar-refractivity contribution is -0.142. The second kappa shape index (κ2) is 4.81. The summed E-state index contributed by atoms with van der Waals surface area (Å²) in [7, 11) is 1.29. The molecule has 106 valence electrons. The summed E-state index contributed by atoms with van der Waals surface area (Å²) in [5.41, 5.74) is 2.27. The Hall–Kier alpha value is -2.04. The highest BCUT2D eigenvalue weighted by Crippen LogP contribution is 2.47. The second-order valence-corrected chi connectivity index (χ2v) is 5.41. The van der Waals surface area contributed by atoms with E-state index in [4.69, 9.17) is 4.74 Å². The molecule has 1 saturated heterocycles. The van der Waals surface area contributed by atoms with Crippen LogP contribution in [0.15, 0.2) is 24.3 Å². The lowest BCUT2D eigenvalue weighted by atomic mass is 9.80. The van der Waals surface area contributed by atoms with Crippen molar-refractivity contribution in [2.45, 2.75) is 31.3 Å². The lowest BCUT2D eigenvalue weighted by Crippen LogP contribution is -2.42. The van der Waals surface area contributed by atoms with E-state index >= 15 is 0 Å². The van der Waals surface area contributed by atoms with Gasteiger partial charge in [-0.05, 0) is 36.3 Å². The van der Waals surface area contributed by atoms with Gasteiger partial charge in [0.15, 0.2) is 0 Å². The first-order chi connectivity index (χ1) is 9.63. The molecule has 3 atom stereocenters. The summed E-state index contributed by atoms with van der Waals surface area (Å²) in [5.74, 6) is -0.757. The van der Waals surface area contributed by atoms with E-state index in [1.54, 1.807) is 0 Å². The maximum Gasteiger partial charge on any atom is 0.410 e. The Labute approximate surface area is 117 Å². The second-order valence-electron chi connectivity index (χ2n) is 5.41. The molecule has 1 N–H and O–H groups in total. The Morgan fingerprint density at radius 2 is 2.10 bits per heavy atom. The molecule has 20 heavy (non-hydrogen) atoms. The summed E-state index contributed by atoms with van der Waals surface area (Å²) >= 11 is 0. The molecular formula is C15H17NO4. The van der Waals surface area contributed by atoms with Gasteiger partial charge in [0.25, 0.3) is 0 Å². The number of carboxylic acid groups (broad SMARTS) is 1. The summed E-state index contributed by atoms with van der Waals surface area (Å²) in [4.78, 5) is 24.9. The predicted octanol–water partition coefficient (Wildman–Crippen LogP) is 2.22. The molecule has 1 aromatic carbocycles. The van der Waals surface area contributed by atoms with Crippen molar-refractivity contribution in [2.75, 3.05) is 7.11 Å². The van der Waals surface area contributed by atoms with Gasteiger partial charge in [-0.3, -0.25) is 4.90 Å². The van der Waals surface area contributed by atoms with Crippen molar-refractivity contribution >= 4 is 12.1 Å². The van der Waals surface area contributed by atoms with Gasteiger partial charge in [-0.2, -0.15) is 0 Å². The molecule has 5 nitrogen and oxygen atoms in total. The van der Waals surface area contributed by atoms with Crippen molar-refractivity contribution < 1.29 is 19.4 Å². The molecule has 5 heteroatoms. The van der Waals surface area contributed by atoms with Gasteiger partial charge in [-0.25, -0.2) is 9.59 Å². The van der Waals surface area contributed by atoms with Crippen LogP contribution in [0.2, 0.25) is 0 Å². The first-order valence-electron chi connectivity index (χ1n) is 6.80. The molecular weight excluding hydrogens is 258 g/mol. The summed E-state index contributed by atoms with van der Waals surface area (Å²) in [6, 6.07) is 6.99. The molecule has 1 fully saturated rings. The summed E-state index contributed by atoms with van der Waals surface area (Å²) in [6.45, 7) is 0. The lowest BCUT2D eigenvalue weighted by Gasteiger charge is -2.33. The van der Waals surface area contributed by atoms with Crippen LogP contribution in [0, 0.1) is 5.92 Å². The topological polar surface area (TPSA) is 66.8 Å². The number of carbonyl (C=O) groups is 2. The van der Waals surface area contributed by atoms with Gasteiger partial charge >= 0.3 is 12.1 Å². The quantitative estimate of drug-likeness (QED) is 0.853. The average Bonchev–Trinajstić information content (AvgIpc) is 2.86. The fourth-order valence-electron chi connectivity index (χ4n) is 3.59. The SMILES string of the molecule is COC(=O)N1[C@H](C(=O)O)C[C@@H]2CCc3ccccc3[C@@H]21. The maximum absolute atomic E-state index is 12.0. The van der Waals surface area contributed by atoms with Gasteiger partial charge in [0, 0.05) is 0 Å². The molecule has 0 radical (unpaired) electrons. The van der Waals surface area contributed by atoms with Crippen molar-refractivity contribution in [3.05, 3.63) is 35.4 Å². The van der Waals surface area contributed by atoms with Gasteiger partial charge in [0.2, 0.25) is 0 Å². The first-order valence-corrected chi connectivity index (χ1v) is 6.80. The van der Waals surface area contributed by atoms with Crippen molar-refractivity contribution in [3.63, 3.8) is 0 Å². The highest BCUT2D eigenvalue weighted by atomic mass is 16.5. The van der Waals surface area contributed by atoms with Gasteiger partial charge in [0.1, 0.15) is 6.04 Å². The number of hydrogen-bond acceptors (Lipinski definition) is 3. The molecule has 1 amide bonds. The predicted molar refractivity (Wildman–Crippen MR) is 71.3 cm³/mol. The number of amides is 1. The molecule has 0 saturated carbocycles. The third-order valence-corrected chi connectivity index (χ3v) is 4.44. The molecule has 1 aliphatic heterocycles. The number of ether oxygens (including phenoxy) is 1. The zero-order valence-electron chi connectivity index (χ0n) is 11.3. The number of methoxy groups -OCH3 is 1. The van der Waals surface area contributed by atoms with Crippen LogP contribution in [-0.2, 0) is 16.0 Å². The smallest absolute Gasteiger partial charge is 0.410 e. The Balaban J connectivity index is 2.05. The van der Waals surface area contributed by atoms with E-state index in [-0.39, 0.29) is 12.0 Å². The largest absolute Gasteiger partial charge is 0.480 e. The van der Waals surface area contributed by atoms with E-state index in [0.29, 0.717) is 6.42 Å². The van der Waals surface area contributed by atoms with E-state index in [9.17, 15) is 14.7 Å². The highest BCUT2D eigenvalue weighted by molar-refractivity contribution is 5.81. The number of fused-ring (bicyclic) bond motifs is 3. The van der Waals surface area contributed by atoms with E-state index in [0.717, 1.165) is 18.4 Å². The normalized spacial score (nSPS) is 27.6. The zero-order valence-corrected chi connectivity index (χ0v) is 11.3. The molecule has 0 unspecified atom stereocenters. The van der Waals surface area contributed by atoms with Gasteiger partial charge in [-0.1, -0.05) is 24.3 Å². The molecule has 1 aromatic rings. The van der Waals surface area contributed by atoms with Crippen molar-refractivity contribution in [1.82, 2.24) is 4.90 Å². The molecule has 0 aromatic heterocycles. The third-order valence-electron chi connectivity index (χ3n) is 4.44. The van der Waals surface area contributed by atoms with Crippen LogP contribution in [-0.4, -0.2) is 35.2 Å². The summed E-state index contributed by atoms with van der Waals surface area (Å²) < 4.78 is 4.80. The maximum atomic E-state index is 12.0. The van der Waals surface area contributed by atoms with Gasteiger partial charge in [0.05, 0.1) is 13.2 Å². The Morgan fingerprint density at radius 1 is 1.35 bits per heavy atom. The van der Waals surface area contributed by atoms with E-state index in [1.807, 2.05) is 18.2 Å². The van der Waals surface area contributed by atoms with Gasteiger partial charge < -0.3 is 9.84 Å². The van der Waals surface area contributed by atoms with Crippen LogP contribution in [0.1, 0.15) is 30.0 Å². The number of aryl methyl sites for hydroxylation is 1. The molecule has 0 bridgehead atoms. The Kier molecular flexibility index (Phi) is 3.12. The van der Waals surface area contributed by atoms with E-state index < -0.39 is 18.1 Å². The fraction of sp³-hybridized carbons (Fsp3) is 0.467. The summed E-state index contributed by atoms with van der Waals surface area (Å²) in [6.07, 6.45) is 1.81. The minimum absolute atomic E-state index is 0.173. The van der Waals surface area contributed by atoms with Crippen LogP contribution in [0.25, 0.3) is 0 Å². The first kappa shape index (κ1) is 13.0. The van der Waals surface area contributed by atoms with Crippen LogP contribution in [0.5, 0.6) is 0 Å². The minimum atomic E-state index is -0.956. The number of hydrogen-bond donors (Lipinski definition) is 1. The number of rotatable bonds is 1. The average molecular weight is 275 g/mol. The van der Waals surface area contributed by atoms with Crippen LogP contribution < -0.4 is 0 Å². The van der Waals surface area contributed by atoms with Gasteiger partial charge in [-0.15, -0.1) is 0 Å².